The van der Waals surface area contributed by atoms with Crippen molar-refractivity contribution in [3.05, 3.63) is 96.1 Å². The highest BCUT2D eigenvalue weighted by Crippen LogP contribution is 2.27. The predicted molar refractivity (Wildman–Crippen MR) is 162 cm³/mol. The fourth-order valence-electron chi connectivity index (χ4n) is 3.70. The fourth-order valence-corrected chi connectivity index (χ4v) is 3.70. The molecule has 0 bridgehead atoms. The van der Waals surface area contributed by atoms with Crippen LogP contribution >= 0.6 is 0 Å². The van der Waals surface area contributed by atoms with Gasteiger partial charge in [0.2, 0.25) is 0 Å². The molecule has 6 nitrogen and oxygen atoms in total. The highest BCUT2D eigenvalue weighted by molar-refractivity contribution is 5.88. The highest BCUT2D eigenvalue weighted by Gasteiger charge is 2.06. The molecule has 0 saturated carbocycles. The zero-order valence-corrected chi connectivity index (χ0v) is 24.0. The van der Waals surface area contributed by atoms with Gasteiger partial charge in [-0.15, -0.1) is 0 Å². The van der Waals surface area contributed by atoms with E-state index >= 15 is 0 Å². The van der Waals surface area contributed by atoms with Crippen LogP contribution in [0, 0.1) is 0 Å². The number of unbranched alkanes of at least 4 members (excludes halogenated alkanes) is 3. The van der Waals surface area contributed by atoms with E-state index in [1.54, 1.807) is 32.4 Å². The van der Waals surface area contributed by atoms with Crippen LogP contribution in [0.3, 0.4) is 0 Å². The molecule has 6 heteroatoms. The number of carbonyl (C=O) groups excluding carboxylic acids is 3. The van der Waals surface area contributed by atoms with E-state index in [4.69, 9.17) is 19.0 Å². The molecule has 0 radical (unpaired) electrons. The first-order chi connectivity index (χ1) is 19.6. The highest BCUT2D eigenvalue weighted by atomic mass is 16.5. The Balaban J connectivity index is 0.000000355. The minimum atomic E-state index is 0.639. The molecule has 0 heterocycles. The monoisotopic (exact) mass is 546 g/mol. The third kappa shape index (κ3) is 13.7. The number of aldehydes is 3. The van der Waals surface area contributed by atoms with Crippen LogP contribution in [-0.2, 0) is 16.0 Å². The molecule has 0 aliphatic carbocycles. The van der Waals surface area contributed by atoms with Gasteiger partial charge in [-0.1, -0.05) is 50.6 Å². The summed E-state index contributed by atoms with van der Waals surface area (Å²) in [7, 11) is 3.33. The van der Waals surface area contributed by atoms with Gasteiger partial charge in [0.15, 0.2) is 6.29 Å². The minimum absolute atomic E-state index is 0.639. The van der Waals surface area contributed by atoms with Gasteiger partial charge in [-0.2, -0.15) is 0 Å². The molecule has 0 aliphatic heterocycles. The number of aryl methyl sites for hydroxylation is 1. The smallest absolute Gasteiger partial charge is 0.150 e. The summed E-state index contributed by atoms with van der Waals surface area (Å²) in [6.45, 7) is 6.85. The zero-order valence-electron chi connectivity index (χ0n) is 24.0. The van der Waals surface area contributed by atoms with Crippen LogP contribution in [0.2, 0.25) is 0 Å². The van der Waals surface area contributed by atoms with Gasteiger partial charge in [0.25, 0.3) is 0 Å². The second-order valence-electron chi connectivity index (χ2n) is 8.83. The summed E-state index contributed by atoms with van der Waals surface area (Å²) >= 11 is 0. The molecule has 0 amide bonds. The van der Waals surface area contributed by atoms with Crippen molar-refractivity contribution in [1.29, 1.82) is 0 Å². The molecular weight excluding hydrogens is 504 g/mol. The third-order valence-electron chi connectivity index (χ3n) is 5.81. The quantitative estimate of drug-likeness (QED) is 0.111. The van der Waals surface area contributed by atoms with Crippen molar-refractivity contribution in [3.8, 4) is 22.6 Å². The van der Waals surface area contributed by atoms with Crippen molar-refractivity contribution in [2.24, 2.45) is 0 Å². The standard InChI is InChI=1S/C17H18O2.C14H20O3.C3H4O/c1-3-4-13-5-7-14(8-6-13)17-10-9-16(19-2)11-15(17)12-18;1-16-10-4-2-3-5-11-17-14-8-6-13(12-15)7-9-14;1-2-3-4/h5-12H,3-4H2,1-2H3;6-9,12H,2-5,10-11H2,1H3;2-3H,1H2. The van der Waals surface area contributed by atoms with E-state index in [9.17, 15) is 9.59 Å². The average Bonchev–Trinajstić information content (AvgIpc) is 3.01. The SMILES string of the molecule is C=CC=O.CCCc1ccc(-c2ccc(OC)cc2C=O)cc1.COCCCCCCOc1ccc(C=O)cc1. The topological polar surface area (TPSA) is 78.9 Å². The summed E-state index contributed by atoms with van der Waals surface area (Å²) < 4.78 is 15.7. The number of ether oxygens (including phenoxy) is 3. The van der Waals surface area contributed by atoms with Gasteiger partial charge in [-0.3, -0.25) is 14.4 Å². The second kappa shape index (κ2) is 21.9. The molecule has 3 rings (SSSR count). The van der Waals surface area contributed by atoms with Crippen LogP contribution < -0.4 is 9.47 Å². The molecule has 0 fully saturated rings. The number of methoxy groups -OCH3 is 2. The Morgan fingerprint density at radius 3 is 1.90 bits per heavy atom. The van der Waals surface area contributed by atoms with Crippen molar-refractivity contribution in [2.45, 2.75) is 45.4 Å². The lowest BCUT2D eigenvalue weighted by atomic mass is 9.98. The summed E-state index contributed by atoms with van der Waals surface area (Å²) in [5, 5.41) is 0. The number of carbonyl (C=O) groups is 3. The van der Waals surface area contributed by atoms with Crippen LogP contribution in [-0.4, -0.2) is 46.3 Å². The summed E-state index contributed by atoms with van der Waals surface area (Å²) in [5.74, 6) is 1.53. The summed E-state index contributed by atoms with van der Waals surface area (Å²) in [6, 6.07) is 21.1. The van der Waals surface area contributed by atoms with Crippen molar-refractivity contribution >= 4 is 18.9 Å². The molecule has 3 aromatic carbocycles. The largest absolute Gasteiger partial charge is 0.497 e. The molecule has 0 N–H and O–H groups in total. The molecule has 0 aromatic heterocycles. The van der Waals surface area contributed by atoms with E-state index in [2.05, 4.69) is 37.8 Å². The first-order valence-electron chi connectivity index (χ1n) is 13.5. The Morgan fingerprint density at radius 1 is 0.750 bits per heavy atom. The van der Waals surface area contributed by atoms with E-state index in [0.29, 0.717) is 23.2 Å². The third-order valence-corrected chi connectivity index (χ3v) is 5.81. The van der Waals surface area contributed by atoms with Crippen LogP contribution in [0.1, 0.15) is 65.3 Å². The lowest BCUT2D eigenvalue weighted by Crippen LogP contribution is -1.98. The molecule has 0 atom stereocenters. The predicted octanol–water partition coefficient (Wildman–Crippen LogP) is 7.58. The Kier molecular flexibility index (Phi) is 18.6. The number of hydrogen-bond acceptors (Lipinski definition) is 6. The van der Waals surface area contributed by atoms with E-state index < -0.39 is 0 Å². The second-order valence-corrected chi connectivity index (χ2v) is 8.83. The number of allylic oxidation sites excluding steroid dienone is 1. The van der Waals surface area contributed by atoms with Crippen molar-refractivity contribution in [2.75, 3.05) is 27.4 Å². The maximum atomic E-state index is 11.2. The summed E-state index contributed by atoms with van der Waals surface area (Å²) in [4.78, 5) is 30.7. The van der Waals surface area contributed by atoms with E-state index in [-0.39, 0.29) is 0 Å². The number of benzene rings is 3. The van der Waals surface area contributed by atoms with Gasteiger partial charge in [-0.05, 0) is 90.9 Å². The molecule has 0 saturated heterocycles. The molecule has 214 valence electrons. The van der Waals surface area contributed by atoms with Crippen molar-refractivity contribution < 1.29 is 28.6 Å². The lowest BCUT2D eigenvalue weighted by Gasteiger charge is -2.08. The molecule has 0 aliphatic rings. The molecule has 0 spiro atoms. The van der Waals surface area contributed by atoms with E-state index in [1.165, 1.54) is 18.1 Å². The number of rotatable bonds is 15. The summed E-state index contributed by atoms with van der Waals surface area (Å²) in [6.07, 6.45) is 10.3. The minimum Gasteiger partial charge on any atom is -0.497 e. The van der Waals surface area contributed by atoms with Crippen molar-refractivity contribution in [3.63, 3.8) is 0 Å². The summed E-state index contributed by atoms with van der Waals surface area (Å²) in [5.41, 5.74) is 4.66. The van der Waals surface area contributed by atoms with Crippen molar-refractivity contribution in [1.82, 2.24) is 0 Å². The van der Waals surface area contributed by atoms with Crippen LogP contribution in [0.25, 0.3) is 11.1 Å². The van der Waals surface area contributed by atoms with Crippen LogP contribution in [0.5, 0.6) is 11.5 Å². The normalized spacial score (nSPS) is 9.68. The molecule has 40 heavy (non-hydrogen) atoms. The zero-order chi connectivity index (χ0) is 29.4. The maximum Gasteiger partial charge on any atom is 0.150 e. The van der Waals surface area contributed by atoms with E-state index in [0.717, 1.165) is 74.8 Å². The Hall–Kier alpha value is -4.03. The first kappa shape index (κ1) is 34.0. The van der Waals surface area contributed by atoms with Gasteiger partial charge < -0.3 is 14.2 Å². The Labute approximate surface area is 239 Å². The number of hydrogen-bond donors (Lipinski definition) is 0. The Morgan fingerprint density at radius 2 is 1.38 bits per heavy atom. The fraction of sp³-hybridized carbons (Fsp3) is 0.324. The van der Waals surface area contributed by atoms with Gasteiger partial charge in [0, 0.05) is 24.8 Å². The maximum absolute atomic E-state index is 11.2. The first-order valence-corrected chi connectivity index (χ1v) is 13.5. The van der Waals surface area contributed by atoms with Gasteiger partial charge in [0.05, 0.1) is 13.7 Å². The van der Waals surface area contributed by atoms with Gasteiger partial charge in [0.1, 0.15) is 24.1 Å². The van der Waals surface area contributed by atoms with Crippen LogP contribution in [0.15, 0.2) is 79.4 Å². The molecular formula is C34H42O6. The van der Waals surface area contributed by atoms with E-state index in [1.807, 2.05) is 24.3 Å². The lowest BCUT2D eigenvalue weighted by molar-refractivity contribution is -0.104. The van der Waals surface area contributed by atoms with Gasteiger partial charge in [-0.25, -0.2) is 0 Å². The average molecular weight is 547 g/mol. The van der Waals surface area contributed by atoms with Crippen LogP contribution in [0.4, 0.5) is 0 Å². The molecule has 3 aromatic rings. The molecule has 0 unspecified atom stereocenters. The Bertz CT molecular complexity index is 1110. The van der Waals surface area contributed by atoms with Gasteiger partial charge >= 0.3 is 0 Å².